The third-order valence-corrected chi connectivity index (χ3v) is 7.26. The summed E-state index contributed by atoms with van der Waals surface area (Å²) in [5.74, 6) is 0.894. The molecule has 0 aliphatic heterocycles. The first-order valence-corrected chi connectivity index (χ1v) is 13.4. The van der Waals surface area contributed by atoms with Crippen LogP contribution in [-0.2, 0) is 20.2 Å². The molecule has 0 aromatic heterocycles. The van der Waals surface area contributed by atoms with E-state index in [-0.39, 0.29) is 30.0 Å². The molecule has 7 nitrogen and oxygen atoms in total. The second-order valence-electron chi connectivity index (χ2n) is 9.22. The first-order chi connectivity index (χ1) is 17.1. The summed E-state index contributed by atoms with van der Waals surface area (Å²) < 4.78 is 39.0. The maximum Gasteiger partial charge on any atom is 0.264 e. The van der Waals surface area contributed by atoms with Crippen molar-refractivity contribution in [3.63, 3.8) is 0 Å². The van der Waals surface area contributed by atoms with Crippen LogP contribution in [-0.4, -0.2) is 40.6 Å². The van der Waals surface area contributed by atoms with Crippen LogP contribution in [0.2, 0.25) is 0 Å². The van der Waals surface area contributed by atoms with Crippen molar-refractivity contribution in [2.24, 2.45) is 0 Å². The number of ether oxygens (including phenoxy) is 2. The van der Waals surface area contributed by atoms with E-state index in [4.69, 9.17) is 9.47 Å². The first-order valence-electron chi connectivity index (χ1n) is 11.9. The fourth-order valence-corrected chi connectivity index (χ4v) is 4.95. The lowest BCUT2D eigenvalue weighted by Crippen LogP contribution is -2.41. The number of hydrogen-bond donors (Lipinski definition) is 1. The van der Waals surface area contributed by atoms with Crippen molar-refractivity contribution in [3.8, 4) is 11.5 Å². The van der Waals surface area contributed by atoms with Crippen molar-refractivity contribution in [1.82, 2.24) is 5.32 Å². The summed E-state index contributed by atoms with van der Waals surface area (Å²) in [5.41, 5.74) is 1.63. The van der Waals surface area contributed by atoms with Crippen LogP contribution in [0.15, 0.2) is 83.8 Å². The molecule has 1 N–H and O–H groups in total. The van der Waals surface area contributed by atoms with Gasteiger partial charge in [0.2, 0.25) is 5.91 Å². The van der Waals surface area contributed by atoms with E-state index in [2.05, 4.69) is 26.1 Å². The smallest absolute Gasteiger partial charge is 0.264 e. The Hall–Kier alpha value is -3.52. The Morgan fingerprint density at radius 2 is 1.44 bits per heavy atom. The lowest BCUT2D eigenvalue weighted by Gasteiger charge is -2.24. The molecule has 0 radical (unpaired) electrons. The van der Waals surface area contributed by atoms with E-state index < -0.39 is 15.9 Å². The molecule has 0 saturated carbocycles. The van der Waals surface area contributed by atoms with Gasteiger partial charge in [0.15, 0.2) is 0 Å². The average Bonchev–Trinajstić information content (AvgIpc) is 2.86. The Balaban J connectivity index is 1.65. The Kier molecular flexibility index (Phi) is 8.98. The molecule has 0 saturated heterocycles. The van der Waals surface area contributed by atoms with Crippen LogP contribution >= 0.6 is 0 Å². The molecule has 3 aromatic carbocycles. The number of carbonyl (C=O) groups excluding carboxylic acids is 1. The molecule has 0 spiro atoms. The molecule has 0 aliphatic carbocycles. The summed E-state index contributed by atoms with van der Waals surface area (Å²) in [6, 6.07) is 22.5. The fraction of sp³-hybridized carbons (Fsp3) is 0.321. The second-order valence-corrected chi connectivity index (χ2v) is 11.1. The van der Waals surface area contributed by atoms with E-state index in [1.807, 2.05) is 31.2 Å². The van der Waals surface area contributed by atoms with Crippen molar-refractivity contribution in [2.75, 3.05) is 30.6 Å². The van der Waals surface area contributed by atoms with Crippen molar-refractivity contribution in [1.29, 1.82) is 0 Å². The zero-order valence-electron chi connectivity index (χ0n) is 21.2. The molecule has 1 amide bonds. The number of sulfonamides is 1. The molecular weight excluding hydrogens is 476 g/mol. The quantitative estimate of drug-likeness (QED) is 0.376. The van der Waals surface area contributed by atoms with E-state index in [1.54, 1.807) is 42.5 Å². The Morgan fingerprint density at radius 3 is 2.03 bits per heavy atom. The SMILES string of the molecule is CCOc1ccc(N(CC(=O)NCCOc2ccc(C(C)(C)C)cc2)S(=O)(=O)c2ccccc2)cc1. The summed E-state index contributed by atoms with van der Waals surface area (Å²) in [6.45, 7) is 8.93. The predicted octanol–water partition coefficient (Wildman–Crippen LogP) is 4.77. The van der Waals surface area contributed by atoms with Gasteiger partial charge in [0, 0.05) is 0 Å². The van der Waals surface area contributed by atoms with Crippen molar-refractivity contribution >= 4 is 21.6 Å². The number of nitrogens with zero attached hydrogens (tertiary/aromatic N) is 1. The average molecular weight is 511 g/mol. The highest BCUT2D eigenvalue weighted by Gasteiger charge is 2.27. The van der Waals surface area contributed by atoms with Gasteiger partial charge in [0.1, 0.15) is 24.7 Å². The van der Waals surface area contributed by atoms with E-state index in [9.17, 15) is 13.2 Å². The van der Waals surface area contributed by atoms with E-state index in [0.29, 0.717) is 23.8 Å². The third kappa shape index (κ3) is 7.24. The zero-order valence-corrected chi connectivity index (χ0v) is 22.0. The summed E-state index contributed by atoms with van der Waals surface area (Å²) in [5, 5.41) is 2.75. The minimum Gasteiger partial charge on any atom is -0.494 e. The molecule has 36 heavy (non-hydrogen) atoms. The topological polar surface area (TPSA) is 84.9 Å². The highest BCUT2D eigenvalue weighted by Crippen LogP contribution is 2.26. The van der Waals surface area contributed by atoms with Gasteiger partial charge < -0.3 is 14.8 Å². The van der Waals surface area contributed by atoms with E-state index in [0.717, 1.165) is 4.31 Å². The molecule has 3 aromatic rings. The number of hydrogen-bond acceptors (Lipinski definition) is 5. The molecule has 3 rings (SSSR count). The molecule has 0 unspecified atom stereocenters. The number of anilines is 1. The molecule has 192 valence electrons. The van der Waals surface area contributed by atoms with Gasteiger partial charge >= 0.3 is 0 Å². The molecule has 0 atom stereocenters. The third-order valence-electron chi connectivity index (χ3n) is 5.47. The first kappa shape index (κ1) is 27.1. The van der Waals surface area contributed by atoms with Crippen LogP contribution in [0.25, 0.3) is 0 Å². The number of amides is 1. The minimum absolute atomic E-state index is 0.0574. The molecule has 0 bridgehead atoms. The molecule has 0 heterocycles. The largest absolute Gasteiger partial charge is 0.494 e. The number of benzene rings is 3. The highest BCUT2D eigenvalue weighted by molar-refractivity contribution is 7.92. The maximum absolute atomic E-state index is 13.4. The van der Waals surface area contributed by atoms with Crippen molar-refractivity contribution < 1.29 is 22.7 Å². The van der Waals surface area contributed by atoms with Crippen LogP contribution in [0.3, 0.4) is 0 Å². The Bertz CT molecular complexity index is 1220. The van der Waals surface area contributed by atoms with Gasteiger partial charge in [-0.3, -0.25) is 9.10 Å². The van der Waals surface area contributed by atoms with Crippen LogP contribution in [0.5, 0.6) is 11.5 Å². The number of rotatable bonds is 11. The van der Waals surface area contributed by atoms with Gasteiger partial charge in [0.05, 0.1) is 23.7 Å². The van der Waals surface area contributed by atoms with Crippen LogP contribution in [0, 0.1) is 0 Å². The van der Waals surface area contributed by atoms with Crippen molar-refractivity contribution in [2.45, 2.75) is 38.0 Å². The van der Waals surface area contributed by atoms with Gasteiger partial charge in [0.25, 0.3) is 10.0 Å². The summed E-state index contributed by atoms with van der Waals surface area (Å²) >= 11 is 0. The Labute approximate surface area is 214 Å². The zero-order chi connectivity index (χ0) is 26.2. The molecule has 8 heteroatoms. The molecule has 0 aliphatic rings. The number of carbonyl (C=O) groups is 1. The molecule has 0 fully saturated rings. The van der Waals surface area contributed by atoms with E-state index >= 15 is 0 Å². The Morgan fingerprint density at radius 1 is 0.861 bits per heavy atom. The highest BCUT2D eigenvalue weighted by atomic mass is 32.2. The maximum atomic E-state index is 13.4. The lowest BCUT2D eigenvalue weighted by molar-refractivity contribution is -0.119. The second kappa shape index (κ2) is 11.9. The van der Waals surface area contributed by atoms with Gasteiger partial charge in [-0.1, -0.05) is 51.1 Å². The standard InChI is InChI=1S/C28H34N2O5S/c1-5-34-24-17-13-23(14-18-24)30(36(32,33)26-9-7-6-8-10-26)21-27(31)29-19-20-35-25-15-11-22(12-16-25)28(2,3)4/h6-18H,5,19-21H2,1-4H3,(H,29,31). The van der Waals surface area contributed by atoms with Gasteiger partial charge in [-0.25, -0.2) is 8.42 Å². The van der Waals surface area contributed by atoms with Gasteiger partial charge in [-0.15, -0.1) is 0 Å². The van der Waals surface area contributed by atoms with Gasteiger partial charge in [-0.2, -0.15) is 0 Å². The normalized spacial score (nSPS) is 11.6. The molecular formula is C28H34N2O5S. The predicted molar refractivity (Wildman–Crippen MR) is 142 cm³/mol. The summed E-state index contributed by atoms with van der Waals surface area (Å²) in [4.78, 5) is 12.8. The lowest BCUT2D eigenvalue weighted by atomic mass is 9.87. The van der Waals surface area contributed by atoms with E-state index in [1.165, 1.54) is 17.7 Å². The van der Waals surface area contributed by atoms with Gasteiger partial charge in [-0.05, 0) is 66.4 Å². The minimum atomic E-state index is -3.96. The van der Waals surface area contributed by atoms with Crippen LogP contribution < -0.4 is 19.1 Å². The van der Waals surface area contributed by atoms with Crippen LogP contribution in [0.1, 0.15) is 33.3 Å². The summed E-state index contributed by atoms with van der Waals surface area (Å²) in [6.07, 6.45) is 0. The number of nitrogens with one attached hydrogen (secondary N) is 1. The summed E-state index contributed by atoms with van der Waals surface area (Å²) in [7, 11) is -3.96. The van der Waals surface area contributed by atoms with Crippen LogP contribution in [0.4, 0.5) is 5.69 Å². The monoisotopic (exact) mass is 510 g/mol. The van der Waals surface area contributed by atoms with Crippen molar-refractivity contribution in [3.05, 3.63) is 84.4 Å². The fourth-order valence-electron chi connectivity index (χ4n) is 3.51.